The van der Waals surface area contributed by atoms with Crippen LogP contribution in [0.3, 0.4) is 0 Å². The van der Waals surface area contributed by atoms with Gasteiger partial charge in [0, 0.05) is 58.6 Å². The molecule has 2 heterocycles. The van der Waals surface area contributed by atoms with Crippen molar-refractivity contribution in [3.05, 3.63) is 17.5 Å². The lowest BCUT2D eigenvalue weighted by Crippen LogP contribution is -2.46. The molecule has 1 N–H and O–H groups in total. The lowest BCUT2D eigenvalue weighted by Gasteiger charge is -2.33. The van der Waals surface area contributed by atoms with E-state index in [2.05, 4.69) is 68.1 Å². The molecule has 28 heavy (non-hydrogen) atoms. The van der Waals surface area contributed by atoms with Crippen LogP contribution in [0.5, 0.6) is 0 Å². The number of ether oxygens (including phenoxy) is 1. The number of rotatable bonds is 8. The van der Waals surface area contributed by atoms with Gasteiger partial charge in [-0.2, -0.15) is 5.10 Å². The Balaban J connectivity index is 2.01. The largest absolute Gasteiger partial charge is 0.374 e. The molecule has 0 aliphatic carbocycles. The Morgan fingerprint density at radius 3 is 2.79 bits per heavy atom. The second-order valence-corrected chi connectivity index (χ2v) is 8.56. The summed E-state index contributed by atoms with van der Waals surface area (Å²) in [6.45, 7) is 17.3. The van der Waals surface area contributed by atoms with Gasteiger partial charge in [-0.25, -0.2) is 0 Å². The average molecular weight is 393 g/mol. The van der Waals surface area contributed by atoms with E-state index in [1.807, 2.05) is 11.7 Å². The first-order valence-electron chi connectivity index (χ1n) is 10.7. The smallest absolute Gasteiger partial charge is 0.194 e. The monoisotopic (exact) mass is 392 g/mol. The minimum atomic E-state index is 0.166. The zero-order chi connectivity index (χ0) is 20.7. The van der Waals surface area contributed by atoms with Crippen LogP contribution in [-0.2, 0) is 18.3 Å². The molecular formula is C21H40N6O. The summed E-state index contributed by atoms with van der Waals surface area (Å²) in [7, 11) is 4.07. The van der Waals surface area contributed by atoms with Crippen molar-refractivity contribution in [3.63, 3.8) is 0 Å². The molecule has 160 valence electrons. The molecule has 0 saturated carbocycles. The Labute approximate surface area is 171 Å². The number of aryl methyl sites for hydroxylation is 1. The normalized spacial score (nSPS) is 18.9. The fourth-order valence-electron chi connectivity index (χ4n) is 3.72. The fourth-order valence-corrected chi connectivity index (χ4v) is 3.72. The summed E-state index contributed by atoms with van der Waals surface area (Å²) in [5.41, 5.74) is 2.41. The van der Waals surface area contributed by atoms with Crippen molar-refractivity contribution in [1.82, 2.24) is 24.9 Å². The summed E-state index contributed by atoms with van der Waals surface area (Å²) in [6.07, 6.45) is 2.28. The molecule has 0 spiro atoms. The molecule has 1 aliphatic rings. The third-order valence-electron chi connectivity index (χ3n) is 4.88. The van der Waals surface area contributed by atoms with Crippen LogP contribution in [0.2, 0.25) is 0 Å². The van der Waals surface area contributed by atoms with Gasteiger partial charge in [-0.3, -0.25) is 14.6 Å². The van der Waals surface area contributed by atoms with Gasteiger partial charge in [0.2, 0.25) is 0 Å². The molecule has 1 fully saturated rings. The van der Waals surface area contributed by atoms with Crippen molar-refractivity contribution < 1.29 is 4.74 Å². The van der Waals surface area contributed by atoms with Crippen LogP contribution in [-0.4, -0.2) is 78.0 Å². The van der Waals surface area contributed by atoms with Crippen molar-refractivity contribution >= 4 is 5.96 Å². The zero-order valence-electron chi connectivity index (χ0n) is 18.9. The highest BCUT2D eigenvalue weighted by atomic mass is 16.5. The van der Waals surface area contributed by atoms with Crippen molar-refractivity contribution in [2.24, 2.45) is 18.0 Å². The summed E-state index contributed by atoms with van der Waals surface area (Å²) in [5, 5.41) is 8.04. The number of morpholine rings is 1. The second kappa shape index (κ2) is 10.8. The third-order valence-corrected chi connectivity index (χ3v) is 4.88. The summed E-state index contributed by atoms with van der Waals surface area (Å²) < 4.78 is 7.87. The van der Waals surface area contributed by atoms with E-state index in [9.17, 15) is 0 Å². The predicted molar refractivity (Wildman–Crippen MR) is 116 cm³/mol. The Kier molecular flexibility index (Phi) is 8.76. The molecule has 7 nitrogen and oxygen atoms in total. The van der Waals surface area contributed by atoms with Crippen molar-refractivity contribution in [2.45, 2.75) is 53.2 Å². The molecule has 1 aromatic rings. The number of aliphatic imine (C=N–C) groups is 1. The molecule has 7 heteroatoms. The van der Waals surface area contributed by atoms with Crippen LogP contribution < -0.4 is 5.32 Å². The summed E-state index contributed by atoms with van der Waals surface area (Å²) in [5.74, 6) is 2.01. The number of hydrogen-bond acceptors (Lipinski definition) is 4. The maximum atomic E-state index is 5.96. The first-order chi connectivity index (χ1) is 13.3. The highest BCUT2D eigenvalue weighted by Gasteiger charge is 2.21. The number of nitrogens with zero attached hydrogens (tertiary/aromatic N) is 5. The molecule has 1 unspecified atom stereocenters. The standard InChI is InChI=1S/C21H40N6O/c1-8-22-21(23-11-19-15-27(9-10-28-19)12-16(2)3)25(6)13-18-14-26(7)24-20(18)17(4)5/h14,16-17,19H,8-13,15H2,1-7H3,(H,22,23). The van der Waals surface area contributed by atoms with E-state index in [-0.39, 0.29) is 6.10 Å². The van der Waals surface area contributed by atoms with Gasteiger partial charge in [0.15, 0.2) is 5.96 Å². The van der Waals surface area contributed by atoms with Gasteiger partial charge >= 0.3 is 0 Å². The third kappa shape index (κ3) is 6.78. The predicted octanol–water partition coefficient (Wildman–Crippen LogP) is 2.30. The van der Waals surface area contributed by atoms with Crippen LogP contribution in [0.25, 0.3) is 0 Å². The number of hydrogen-bond donors (Lipinski definition) is 1. The van der Waals surface area contributed by atoms with Crippen molar-refractivity contribution in [1.29, 1.82) is 0 Å². The molecular weight excluding hydrogens is 352 g/mol. The molecule has 1 atom stereocenters. The first-order valence-corrected chi connectivity index (χ1v) is 10.7. The molecule has 0 amide bonds. The van der Waals surface area contributed by atoms with Gasteiger partial charge in [0.05, 0.1) is 24.9 Å². The van der Waals surface area contributed by atoms with Crippen LogP contribution in [0.1, 0.15) is 51.8 Å². The SMILES string of the molecule is CCNC(=NCC1CN(CC(C)C)CCO1)N(C)Cc1cn(C)nc1C(C)C. The van der Waals surface area contributed by atoms with Crippen LogP contribution in [0, 0.1) is 5.92 Å². The zero-order valence-corrected chi connectivity index (χ0v) is 18.9. The molecule has 0 radical (unpaired) electrons. The van der Waals surface area contributed by atoms with Gasteiger partial charge in [-0.05, 0) is 18.8 Å². The molecule has 1 aliphatic heterocycles. The summed E-state index contributed by atoms with van der Waals surface area (Å²) in [4.78, 5) is 9.56. The topological polar surface area (TPSA) is 57.9 Å². The van der Waals surface area contributed by atoms with E-state index < -0.39 is 0 Å². The maximum absolute atomic E-state index is 5.96. The number of guanidine groups is 1. The van der Waals surface area contributed by atoms with E-state index in [0.29, 0.717) is 18.4 Å². The van der Waals surface area contributed by atoms with Crippen LogP contribution in [0.4, 0.5) is 0 Å². The number of aromatic nitrogens is 2. The highest BCUT2D eigenvalue weighted by Crippen LogP contribution is 2.18. The lowest BCUT2D eigenvalue weighted by molar-refractivity contribution is -0.0262. The van der Waals surface area contributed by atoms with Gasteiger partial charge in [-0.15, -0.1) is 0 Å². The Hall–Kier alpha value is -1.60. The van der Waals surface area contributed by atoms with Crippen molar-refractivity contribution in [2.75, 3.05) is 46.4 Å². The molecule has 1 aromatic heterocycles. The maximum Gasteiger partial charge on any atom is 0.194 e. The van der Waals surface area contributed by atoms with E-state index >= 15 is 0 Å². The van der Waals surface area contributed by atoms with E-state index in [1.54, 1.807) is 0 Å². The summed E-state index contributed by atoms with van der Waals surface area (Å²) >= 11 is 0. The highest BCUT2D eigenvalue weighted by molar-refractivity contribution is 5.79. The Morgan fingerprint density at radius 1 is 1.39 bits per heavy atom. The van der Waals surface area contributed by atoms with E-state index in [0.717, 1.165) is 51.0 Å². The Bertz CT molecular complexity index is 624. The first kappa shape index (κ1) is 22.7. The van der Waals surface area contributed by atoms with Gasteiger partial charge in [-0.1, -0.05) is 27.7 Å². The molecule has 2 rings (SSSR count). The van der Waals surface area contributed by atoms with Crippen LogP contribution >= 0.6 is 0 Å². The molecule has 0 aromatic carbocycles. The minimum Gasteiger partial charge on any atom is -0.374 e. The van der Waals surface area contributed by atoms with E-state index in [4.69, 9.17) is 9.73 Å². The quantitative estimate of drug-likeness (QED) is 0.543. The lowest BCUT2D eigenvalue weighted by atomic mass is 10.1. The summed E-state index contributed by atoms with van der Waals surface area (Å²) in [6, 6.07) is 0. The van der Waals surface area contributed by atoms with Gasteiger partial charge in [0.25, 0.3) is 0 Å². The Morgan fingerprint density at radius 2 is 2.14 bits per heavy atom. The molecule has 1 saturated heterocycles. The molecule has 0 bridgehead atoms. The fraction of sp³-hybridized carbons (Fsp3) is 0.810. The van der Waals surface area contributed by atoms with Gasteiger partial charge < -0.3 is 15.0 Å². The second-order valence-electron chi connectivity index (χ2n) is 8.56. The average Bonchev–Trinajstić information content (AvgIpc) is 2.98. The van der Waals surface area contributed by atoms with E-state index in [1.165, 1.54) is 5.56 Å². The van der Waals surface area contributed by atoms with Crippen LogP contribution in [0.15, 0.2) is 11.2 Å². The van der Waals surface area contributed by atoms with Crippen molar-refractivity contribution in [3.8, 4) is 0 Å². The van der Waals surface area contributed by atoms with Gasteiger partial charge in [0.1, 0.15) is 0 Å². The minimum absolute atomic E-state index is 0.166. The number of nitrogens with one attached hydrogen (secondary N) is 1.